The van der Waals surface area contributed by atoms with Crippen molar-refractivity contribution in [2.75, 3.05) is 18.6 Å². The van der Waals surface area contributed by atoms with Gasteiger partial charge in [0.2, 0.25) is 5.78 Å². The molecule has 4 rings (SSSR count). The zero-order chi connectivity index (χ0) is 22.5. The molecule has 3 heterocycles. The number of aliphatic hydroxyl groups is 1. The summed E-state index contributed by atoms with van der Waals surface area (Å²) in [5, 5.41) is 20.6. The fraction of sp³-hybridized carbons (Fsp3) is 0.300. The Labute approximate surface area is 182 Å². The number of phenolic OH excluding ortho intramolecular Hbond substituents is 1. The van der Waals surface area contributed by atoms with Crippen LogP contribution in [-0.4, -0.2) is 59.9 Å². The summed E-state index contributed by atoms with van der Waals surface area (Å²) in [6.45, 7) is 0. The minimum absolute atomic E-state index is 0.00914. The molecule has 2 unspecified atom stereocenters. The Bertz CT molecular complexity index is 1200. The van der Waals surface area contributed by atoms with Crippen LogP contribution in [0.25, 0.3) is 0 Å². The van der Waals surface area contributed by atoms with Crippen molar-refractivity contribution in [3.63, 3.8) is 0 Å². The maximum Gasteiger partial charge on any atom is 0.290 e. The third kappa shape index (κ3) is 3.55. The van der Waals surface area contributed by atoms with Gasteiger partial charge in [0.1, 0.15) is 0 Å². The van der Waals surface area contributed by atoms with Crippen molar-refractivity contribution in [2.45, 2.75) is 18.5 Å². The van der Waals surface area contributed by atoms with E-state index in [0.29, 0.717) is 0 Å². The van der Waals surface area contributed by atoms with Crippen LogP contribution in [0.2, 0.25) is 5.02 Å². The number of amides is 1. The molecule has 0 bridgehead atoms. The van der Waals surface area contributed by atoms with E-state index < -0.39 is 39.4 Å². The third-order valence-electron chi connectivity index (χ3n) is 5.42. The number of Topliss-reactive ketones (excluding diaryl/α,β-unsaturated/α-hetero) is 1. The number of sulfone groups is 1. The van der Waals surface area contributed by atoms with Crippen molar-refractivity contribution >= 4 is 33.1 Å². The molecule has 1 saturated heterocycles. The lowest BCUT2D eigenvalue weighted by molar-refractivity contribution is -0.131. The van der Waals surface area contributed by atoms with E-state index in [9.17, 15) is 28.2 Å². The number of halogens is 1. The second kappa shape index (κ2) is 7.61. The van der Waals surface area contributed by atoms with E-state index in [2.05, 4.69) is 0 Å². The van der Waals surface area contributed by atoms with Crippen molar-refractivity contribution in [2.24, 2.45) is 0 Å². The van der Waals surface area contributed by atoms with Gasteiger partial charge in [0.05, 0.1) is 41.5 Å². The molecule has 2 N–H and O–H groups in total. The maximum absolute atomic E-state index is 13.1. The van der Waals surface area contributed by atoms with Gasteiger partial charge in [0, 0.05) is 6.04 Å². The Morgan fingerprint density at radius 1 is 1.32 bits per heavy atom. The summed E-state index contributed by atoms with van der Waals surface area (Å²) in [4.78, 5) is 27.3. The van der Waals surface area contributed by atoms with E-state index >= 15 is 0 Å². The topological polar surface area (TPSA) is 134 Å². The third-order valence-corrected chi connectivity index (χ3v) is 7.46. The number of nitrogens with zero attached hydrogens (tertiary/aromatic N) is 1. The Kier molecular flexibility index (Phi) is 5.22. The van der Waals surface area contributed by atoms with Gasteiger partial charge in [-0.2, -0.15) is 0 Å². The van der Waals surface area contributed by atoms with Gasteiger partial charge in [0.25, 0.3) is 5.91 Å². The summed E-state index contributed by atoms with van der Waals surface area (Å²) in [5.41, 5.74) is -0.00990. The Balaban J connectivity index is 1.89. The molecule has 1 amide bonds. The first kappa shape index (κ1) is 21.3. The van der Waals surface area contributed by atoms with Crippen LogP contribution >= 0.6 is 11.6 Å². The number of benzene rings is 1. The Morgan fingerprint density at radius 2 is 2.06 bits per heavy atom. The Morgan fingerprint density at radius 3 is 2.65 bits per heavy atom. The first-order valence-electron chi connectivity index (χ1n) is 9.25. The molecule has 2 aromatic rings. The number of carbonyl (C=O) groups is 2. The molecule has 11 heteroatoms. The lowest BCUT2D eigenvalue weighted by Gasteiger charge is -2.31. The van der Waals surface area contributed by atoms with Crippen LogP contribution in [0, 0.1) is 0 Å². The normalized spacial score (nSPS) is 22.9. The highest BCUT2D eigenvalue weighted by Gasteiger charge is 2.49. The number of ketones is 1. The van der Waals surface area contributed by atoms with Crippen LogP contribution in [0.5, 0.6) is 11.5 Å². The number of methoxy groups -OCH3 is 1. The molecule has 0 aliphatic carbocycles. The molecule has 1 aromatic heterocycles. The first-order chi connectivity index (χ1) is 14.6. The van der Waals surface area contributed by atoms with Gasteiger partial charge in [-0.1, -0.05) is 11.6 Å². The number of furan rings is 1. The number of ether oxygens (including phenoxy) is 1. The lowest BCUT2D eigenvalue weighted by Crippen LogP contribution is -2.41. The number of carbonyl (C=O) groups excluding carboxylic acids is 2. The quantitative estimate of drug-likeness (QED) is 0.640. The van der Waals surface area contributed by atoms with Gasteiger partial charge in [-0.15, -0.1) is 0 Å². The molecule has 1 aromatic carbocycles. The van der Waals surface area contributed by atoms with Crippen LogP contribution < -0.4 is 4.74 Å². The van der Waals surface area contributed by atoms with Crippen molar-refractivity contribution in [1.82, 2.24) is 4.90 Å². The van der Waals surface area contributed by atoms with Crippen LogP contribution in [-0.2, 0) is 14.6 Å². The van der Waals surface area contributed by atoms with E-state index in [1.54, 1.807) is 0 Å². The van der Waals surface area contributed by atoms with Crippen molar-refractivity contribution < 1.29 is 37.4 Å². The minimum atomic E-state index is -3.38. The molecule has 1 fully saturated rings. The molecule has 31 heavy (non-hydrogen) atoms. The summed E-state index contributed by atoms with van der Waals surface area (Å²) in [6.07, 6.45) is 1.43. The number of rotatable bonds is 5. The number of phenols is 1. The molecule has 2 aliphatic rings. The Hall–Kier alpha value is -2.98. The maximum atomic E-state index is 13.1. The van der Waals surface area contributed by atoms with Gasteiger partial charge in [-0.05, 0) is 36.2 Å². The number of aromatic hydroxyl groups is 1. The minimum Gasteiger partial charge on any atom is -0.503 e. The fourth-order valence-electron chi connectivity index (χ4n) is 4.00. The zero-order valence-electron chi connectivity index (χ0n) is 16.2. The molecule has 9 nitrogen and oxygen atoms in total. The highest BCUT2D eigenvalue weighted by Crippen LogP contribution is 2.45. The molecule has 2 aliphatic heterocycles. The van der Waals surface area contributed by atoms with Crippen LogP contribution in [0.3, 0.4) is 0 Å². The van der Waals surface area contributed by atoms with Gasteiger partial charge >= 0.3 is 0 Å². The van der Waals surface area contributed by atoms with Gasteiger partial charge in [0.15, 0.2) is 32.9 Å². The van der Waals surface area contributed by atoms with Gasteiger partial charge in [-0.25, -0.2) is 8.42 Å². The molecule has 164 valence electrons. The van der Waals surface area contributed by atoms with E-state index in [-0.39, 0.29) is 51.3 Å². The summed E-state index contributed by atoms with van der Waals surface area (Å²) >= 11 is 6.12. The van der Waals surface area contributed by atoms with Crippen LogP contribution in [0.15, 0.2) is 46.3 Å². The highest BCUT2D eigenvalue weighted by atomic mass is 35.5. The summed E-state index contributed by atoms with van der Waals surface area (Å²) in [5.74, 6) is -3.25. The SMILES string of the molecule is COc1cc(C2C(C(=O)c3ccco3)=C(O)C(=O)N2C2CCS(=O)(=O)C2)cc(Cl)c1O. The predicted molar refractivity (Wildman–Crippen MR) is 109 cm³/mol. The second-order valence-electron chi connectivity index (χ2n) is 7.29. The smallest absolute Gasteiger partial charge is 0.290 e. The highest BCUT2D eigenvalue weighted by molar-refractivity contribution is 7.91. The summed E-state index contributed by atoms with van der Waals surface area (Å²) in [6, 6.07) is 3.67. The van der Waals surface area contributed by atoms with Crippen molar-refractivity contribution in [1.29, 1.82) is 0 Å². The van der Waals surface area contributed by atoms with E-state index in [1.807, 2.05) is 0 Å². The molecular weight excluding hydrogens is 450 g/mol. The van der Waals surface area contributed by atoms with E-state index in [0.717, 1.165) is 0 Å². The second-order valence-corrected chi connectivity index (χ2v) is 9.93. The number of hydrogen-bond acceptors (Lipinski definition) is 8. The first-order valence-corrected chi connectivity index (χ1v) is 11.5. The van der Waals surface area contributed by atoms with Crippen LogP contribution in [0.1, 0.15) is 28.6 Å². The zero-order valence-corrected chi connectivity index (χ0v) is 17.8. The predicted octanol–water partition coefficient (Wildman–Crippen LogP) is 2.41. The largest absolute Gasteiger partial charge is 0.503 e. The summed E-state index contributed by atoms with van der Waals surface area (Å²) in [7, 11) is -2.07. The molecule has 0 radical (unpaired) electrons. The standard InChI is InChI=1S/C20H18ClNO8S/c1-29-14-8-10(7-12(21)17(14)23)16-15(18(24)13-3-2-5-30-13)19(25)20(26)22(16)11-4-6-31(27,28)9-11/h2-3,5,7-8,11,16,23,25H,4,6,9H2,1H3. The molecular formula is C20H18ClNO8S. The van der Waals surface area contributed by atoms with Gasteiger partial charge < -0.3 is 24.3 Å². The fourth-order valence-corrected chi connectivity index (χ4v) is 5.93. The number of aliphatic hydroxyl groups excluding tert-OH is 1. The molecule has 0 saturated carbocycles. The van der Waals surface area contributed by atoms with E-state index in [1.165, 1.54) is 42.5 Å². The van der Waals surface area contributed by atoms with Gasteiger partial charge in [-0.3, -0.25) is 9.59 Å². The molecule has 2 atom stereocenters. The average Bonchev–Trinajstić information content (AvgIpc) is 3.43. The summed E-state index contributed by atoms with van der Waals surface area (Å²) < 4.78 is 34.4. The lowest BCUT2D eigenvalue weighted by atomic mass is 9.94. The van der Waals surface area contributed by atoms with E-state index in [4.69, 9.17) is 20.8 Å². The molecule has 0 spiro atoms. The van der Waals surface area contributed by atoms with Crippen molar-refractivity contribution in [3.8, 4) is 11.5 Å². The average molecular weight is 468 g/mol. The van der Waals surface area contributed by atoms with Crippen molar-refractivity contribution in [3.05, 3.63) is 58.2 Å². The van der Waals surface area contributed by atoms with Crippen LogP contribution in [0.4, 0.5) is 0 Å². The monoisotopic (exact) mass is 467 g/mol. The number of hydrogen-bond donors (Lipinski definition) is 2.